The van der Waals surface area contributed by atoms with Crippen molar-refractivity contribution in [1.82, 2.24) is 19.9 Å². The Morgan fingerprint density at radius 3 is 2.38 bits per heavy atom. The van der Waals surface area contributed by atoms with Crippen LogP contribution in [0.1, 0.15) is 72.4 Å². The third-order valence-electron chi connectivity index (χ3n) is 9.60. The number of carbonyl (C=O) groups excluding carboxylic acids is 2. The smallest absolute Gasteiger partial charge is 0.251 e. The molecule has 0 bridgehead atoms. The van der Waals surface area contributed by atoms with Gasteiger partial charge in [0.1, 0.15) is 5.82 Å². The normalized spacial score (nSPS) is 18.7. The average molecular weight is 706 g/mol. The summed E-state index contributed by atoms with van der Waals surface area (Å²) in [6.07, 6.45) is 4.86. The maximum Gasteiger partial charge on any atom is 0.251 e. The van der Waals surface area contributed by atoms with Crippen LogP contribution in [0.2, 0.25) is 0 Å². The van der Waals surface area contributed by atoms with E-state index < -0.39 is 0 Å². The summed E-state index contributed by atoms with van der Waals surface area (Å²) in [6, 6.07) is 26.4. The lowest BCUT2D eigenvalue weighted by Crippen LogP contribution is -2.40. The zero-order valence-electron chi connectivity index (χ0n) is 27.9. The van der Waals surface area contributed by atoms with Crippen LogP contribution in [0, 0.1) is 5.41 Å². The van der Waals surface area contributed by atoms with Gasteiger partial charge in [0, 0.05) is 65.0 Å². The van der Waals surface area contributed by atoms with Crippen molar-refractivity contribution in [2.45, 2.75) is 64.5 Å². The highest BCUT2D eigenvalue weighted by Gasteiger charge is 2.35. The molecule has 5 aromatic rings. The molecular weight excluding hydrogens is 664 g/mol. The minimum Gasteiger partial charge on any atom is -0.362 e. The fraction of sp³-hybridized carbons (Fsp3) is 0.333. The summed E-state index contributed by atoms with van der Waals surface area (Å²) < 4.78 is 3.18. The summed E-state index contributed by atoms with van der Waals surface area (Å²) in [5.41, 5.74) is 6.02. The van der Waals surface area contributed by atoms with Gasteiger partial charge in [-0.2, -0.15) is 4.98 Å². The van der Waals surface area contributed by atoms with Crippen LogP contribution in [0.15, 0.2) is 83.3 Å². The predicted octanol–water partition coefficient (Wildman–Crippen LogP) is 8.22. The molecule has 0 unspecified atom stereocenters. The van der Waals surface area contributed by atoms with Crippen LogP contribution < -0.4 is 15.5 Å². The first-order chi connectivity index (χ1) is 23.0. The Morgan fingerprint density at radius 2 is 1.62 bits per heavy atom. The molecule has 2 N–H and O–H groups in total. The molecule has 0 spiro atoms. The van der Waals surface area contributed by atoms with Gasteiger partial charge in [0.2, 0.25) is 5.95 Å². The molecule has 0 radical (unpaired) electrons. The van der Waals surface area contributed by atoms with E-state index in [-0.39, 0.29) is 29.2 Å². The van der Waals surface area contributed by atoms with Gasteiger partial charge in [0.15, 0.2) is 5.78 Å². The second-order valence-corrected chi connectivity index (χ2v) is 15.1. The Bertz CT molecular complexity index is 2010. The van der Waals surface area contributed by atoms with Crippen molar-refractivity contribution in [3.8, 4) is 16.9 Å². The molecule has 3 aromatic carbocycles. The first-order valence-corrected chi connectivity index (χ1v) is 17.5. The van der Waals surface area contributed by atoms with Gasteiger partial charge in [-0.05, 0) is 91.6 Å². The number of nitrogens with zero attached hydrogens (tertiary/aromatic N) is 4. The molecule has 246 valence electrons. The first-order valence-electron chi connectivity index (χ1n) is 16.7. The van der Waals surface area contributed by atoms with Crippen LogP contribution in [0.3, 0.4) is 0 Å². The van der Waals surface area contributed by atoms with Gasteiger partial charge in [0.25, 0.3) is 5.91 Å². The quantitative estimate of drug-likeness (QED) is 0.177. The van der Waals surface area contributed by atoms with Crippen LogP contribution in [0.5, 0.6) is 0 Å². The molecule has 1 saturated carbocycles. The van der Waals surface area contributed by atoms with Gasteiger partial charge in [-0.15, -0.1) is 0 Å². The molecule has 0 saturated heterocycles. The van der Waals surface area contributed by atoms with Crippen molar-refractivity contribution in [3.05, 3.63) is 100 Å². The van der Waals surface area contributed by atoms with Crippen LogP contribution >= 0.6 is 15.9 Å². The molecule has 1 fully saturated rings. The zero-order chi connectivity index (χ0) is 33.6. The van der Waals surface area contributed by atoms with Crippen molar-refractivity contribution in [2.75, 3.05) is 24.3 Å². The van der Waals surface area contributed by atoms with Gasteiger partial charge in [-0.25, -0.2) is 4.98 Å². The SMILES string of the molecule is CN(C)c1nc(NC2CCC(NC(=O)c3cccc(-n4c(-c5ccc(Br)cc5)cc5c4CC(C)(C)CC5=O)c3)CC2)nc2ccccc12. The fourth-order valence-corrected chi connectivity index (χ4v) is 7.49. The summed E-state index contributed by atoms with van der Waals surface area (Å²) in [5, 5.41) is 7.89. The second-order valence-electron chi connectivity index (χ2n) is 14.2. The lowest BCUT2D eigenvalue weighted by molar-refractivity contribution is 0.0906. The Morgan fingerprint density at radius 1 is 0.896 bits per heavy atom. The molecule has 2 aromatic heterocycles. The molecule has 0 atom stereocenters. The predicted molar refractivity (Wildman–Crippen MR) is 196 cm³/mol. The topological polar surface area (TPSA) is 92.2 Å². The molecule has 8 nitrogen and oxygen atoms in total. The third-order valence-corrected chi connectivity index (χ3v) is 10.1. The Kier molecular flexibility index (Phi) is 8.58. The number of aromatic nitrogens is 3. The Balaban J connectivity index is 1.07. The van der Waals surface area contributed by atoms with Crippen LogP contribution in [0.4, 0.5) is 11.8 Å². The van der Waals surface area contributed by atoms with E-state index in [1.807, 2.05) is 85.7 Å². The number of fused-ring (bicyclic) bond motifs is 2. The van der Waals surface area contributed by atoms with Gasteiger partial charge >= 0.3 is 0 Å². The van der Waals surface area contributed by atoms with E-state index >= 15 is 0 Å². The summed E-state index contributed by atoms with van der Waals surface area (Å²) in [5.74, 6) is 1.62. The number of anilines is 2. The Hall–Kier alpha value is -4.50. The molecule has 1 amide bonds. The number of halogens is 1. The highest BCUT2D eigenvalue weighted by molar-refractivity contribution is 9.10. The van der Waals surface area contributed by atoms with Gasteiger partial charge in [-0.3, -0.25) is 9.59 Å². The fourth-order valence-electron chi connectivity index (χ4n) is 7.22. The molecular formula is C39H41BrN6O2. The highest BCUT2D eigenvalue weighted by Crippen LogP contribution is 2.40. The van der Waals surface area contributed by atoms with Crippen molar-refractivity contribution in [3.63, 3.8) is 0 Å². The summed E-state index contributed by atoms with van der Waals surface area (Å²) >= 11 is 3.55. The largest absolute Gasteiger partial charge is 0.362 e. The monoisotopic (exact) mass is 704 g/mol. The van der Waals surface area contributed by atoms with Crippen LogP contribution in [-0.4, -0.2) is 52.4 Å². The van der Waals surface area contributed by atoms with E-state index in [0.717, 1.165) is 81.5 Å². The van der Waals surface area contributed by atoms with Gasteiger partial charge < -0.3 is 20.1 Å². The van der Waals surface area contributed by atoms with Crippen molar-refractivity contribution < 1.29 is 9.59 Å². The molecule has 2 heterocycles. The van der Waals surface area contributed by atoms with E-state index in [9.17, 15) is 9.59 Å². The van der Waals surface area contributed by atoms with Crippen molar-refractivity contribution >= 4 is 50.3 Å². The number of carbonyl (C=O) groups is 2. The molecule has 7 rings (SSSR count). The average Bonchev–Trinajstić information content (AvgIpc) is 3.44. The highest BCUT2D eigenvalue weighted by atomic mass is 79.9. The molecule has 9 heteroatoms. The minimum atomic E-state index is -0.144. The first kappa shape index (κ1) is 32.1. The summed E-state index contributed by atoms with van der Waals surface area (Å²) in [7, 11) is 4.00. The van der Waals surface area contributed by atoms with E-state index in [0.29, 0.717) is 17.9 Å². The Labute approximate surface area is 290 Å². The number of rotatable bonds is 7. The van der Waals surface area contributed by atoms with Gasteiger partial charge in [-0.1, -0.05) is 60.1 Å². The zero-order valence-corrected chi connectivity index (χ0v) is 29.5. The van der Waals surface area contributed by atoms with Crippen LogP contribution in [0.25, 0.3) is 27.8 Å². The number of benzene rings is 3. The maximum absolute atomic E-state index is 13.6. The maximum atomic E-state index is 13.6. The number of para-hydroxylation sites is 1. The van der Waals surface area contributed by atoms with E-state index in [1.165, 1.54) is 0 Å². The molecule has 48 heavy (non-hydrogen) atoms. The van der Waals surface area contributed by atoms with Gasteiger partial charge in [0.05, 0.1) is 11.2 Å². The summed E-state index contributed by atoms with van der Waals surface area (Å²) in [6.45, 7) is 4.29. The number of hydrogen-bond donors (Lipinski definition) is 2. The van der Waals surface area contributed by atoms with Crippen LogP contribution in [-0.2, 0) is 6.42 Å². The molecule has 2 aliphatic rings. The molecule has 0 aliphatic heterocycles. The number of ketones is 1. The van der Waals surface area contributed by atoms with E-state index in [1.54, 1.807) is 0 Å². The minimum absolute atomic E-state index is 0.0793. The number of nitrogens with one attached hydrogen (secondary N) is 2. The molecule has 2 aliphatic carbocycles. The number of amides is 1. The van der Waals surface area contributed by atoms with E-state index in [2.05, 4.69) is 57.1 Å². The number of hydrogen-bond acceptors (Lipinski definition) is 6. The van der Waals surface area contributed by atoms with E-state index in [4.69, 9.17) is 9.97 Å². The lowest BCUT2D eigenvalue weighted by atomic mass is 9.76. The number of Topliss-reactive ketones (excluding diaryl/α,β-unsaturated/α-hetero) is 1. The van der Waals surface area contributed by atoms with Crippen molar-refractivity contribution in [1.29, 1.82) is 0 Å². The lowest BCUT2D eigenvalue weighted by Gasteiger charge is -2.30. The van der Waals surface area contributed by atoms with Crippen molar-refractivity contribution in [2.24, 2.45) is 5.41 Å². The summed E-state index contributed by atoms with van der Waals surface area (Å²) in [4.78, 5) is 38.6. The second kappa shape index (κ2) is 12.8. The standard InChI is InChI=1S/C39H41BrN6O2/c1-39(2)22-34-31(35(47)23-39)21-33(24-12-14-26(40)15-13-24)46(34)29-9-7-8-25(20-29)37(48)41-27-16-18-28(19-17-27)42-38-43-32-11-6-5-10-30(32)36(44-38)45(3)4/h5-15,20-21,27-28H,16-19,22-23H2,1-4H3,(H,41,48)(H,42,43,44). The third kappa shape index (κ3) is 6.48.